The second-order valence-corrected chi connectivity index (χ2v) is 7.53. The number of rotatable bonds is 8. The minimum atomic E-state index is -0.543. The lowest BCUT2D eigenvalue weighted by molar-refractivity contribution is -0.128. The lowest BCUT2D eigenvalue weighted by Gasteiger charge is -2.17. The highest BCUT2D eigenvalue weighted by molar-refractivity contribution is 8.03. The fourth-order valence-electron chi connectivity index (χ4n) is 1.46. The van der Waals surface area contributed by atoms with Crippen LogP contribution in [0.3, 0.4) is 0 Å². The molecule has 1 aromatic heterocycles. The third kappa shape index (κ3) is 7.18. The first-order valence-corrected chi connectivity index (χ1v) is 9.67. The van der Waals surface area contributed by atoms with Crippen molar-refractivity contribution in [3.63, 3.8) is 0 Å². The molecule has 0 aliphatic carbocycles. The van der Waals surface area contributed by atoms with Gasteiger partial charge in [-0.3, -0.25) is 14.9 Å². The van der Waals surface area contributed by atoms with Gasteiger partial charge in [-0.15, -0.1) is 10.2 Å². The predicted molar refractivity (Wildman–Crippen MR) is 91.9 cm³/mol. The van der Waals surface area contributed by atoms with Crippen molar-refractivity contribution in [2.75, 3.05) is 31.6 Å². The van der Waals surface area contributed by atoms with Crippen molar-refractivity contribution in [3.8, 4) is 0 Å². The van der Waals surface area contributed by atoms with Gasteiger partial charge in [-0.25, -0.2) is 4.79 Å². The van der Waals surface area contributed by atoms with E-state index in [2.05, 4.69) is 20.8 Å². The second-order valence-electron chi connectivity index (χ2n) is 4.10. The van der Waals surface area contributed by atoms with Crippen molar-refractivity contribution in [2.24, 2.45) is 0 Å². The summed E-state index contributed by atoms with van der Waals surface area (Å²) in [6.07, 6.45) is 0. The summed E-state index contributed by atoms with van der Waals surface area (Å²) >= 11 is 3.85. The van der Waals surface area contributed by atoms with Gasteiger partial charge < -0.3 is 10.2 Å². The number of carbonyl (C=O) groups is 3. The minimum absolute atomic E-state index is 0.0642. The molecule has 0 fully saturated rings. The van der Waals surface area contributed by atoms with Crippen LogP contribution >= 0.6 is 34.9 Å². The van der Waals surface area contributed by atoms with E-state index in [0.717, 1.165) is 0 Å². The van der Waals surface area contributed by atoms with E-state index in [1.54, 1.807) is 4.90 Å². The van der Waals surface area contributed by atoms with Gasteiger partial charge in [0.15, 0.2) is 8.68 Å². The number of nitrogens with one attached hydrogen (secondary N) is 2. The fraction of sp³-hybridized carbons (Fsp3) is 0.583. The largest absolute Gasteiger partial charge is 0.343 e. The molecule has 0 aliphatic heterocycles. The monoisotopic (exact) mass is 377 g/mol. The van der Waals surface area contributed by atoms with Gasteiger partial charge in [0.25, 0.3) is 0 Å². The van der Waals surface area contributed by atoms with Crippen LogP contribution in [0.1, 0.15) is 13.8 Å². The maximum atomic E-state index is 11.9. The first kappa shape index (κ1) is 19.7. The molecular weight excluding hydrogens is 358 g/mol. The van der Waals surface area contributed by atoms with Crippen LogP contribution in [0.4, 0.5) is 4.79 Å². The van der Waals surface area contributed by atoms with Gasteiger partial charge in [-0.2, -0.15) is 0 Å². The molecule has 0 atom stereocenters. The number of carbonyl (C=O) groups excluding carboxylic acids is 3. The van der Waals surface area contributed by atoms with Crippen molar-refractivity contribution in [2.45, 2.75) is 22.5 Å². The van der Waals surface area contributed by atoms with Crippen LogP contribution in [-0.2, 0) is 9.59 Å². The molecule has 11 heteroatoms. The Balaban J connectivity index is 2.38. The molecule has 23 heavy (non-hydrogen) atoms. The standard InChI is InChI=1S/C12H19N5O3S3/c1-4-17(5-2)9(19)7-22-12-16-15-11(23-12)21-6-8(18)14-10(20)13-3/h4-7H2,1-3H3,(H2,13,14,18,20). The molecular formula is C12H19N5O3S3. The summed E-state index contributed by atoms with van der Waals surface area (Å²) < 4.78 is 1.30. The molecule has 4 amide bonds. The normalized spacial score (nSPS) is 10.2. The van der Waals surface area contributed by atoms with E-state index in [9.17, 15) is 14.4 Å². The third-order valence-corrected chi connectivity index (χ3v) is 5.80. The van der Waals surface area contributed by atoms with Crippen molar-refractivity contribution >= 4 is 52.7 Å². The maximum Gasteiger partial charge on any atom is 0.321 e. The van der Waals surface area contributed by atoms with Gasteiger partial charge in [-0.05, 0) is 13.8 Å². The summed E-state index contributed by atoms with van der Waals surface area (Å²) in [6.45, 7) is 5.26. The Kier molecular flexibility index (Phi) is 8.95. The van der Waals surface area contributed by atoms with Gasteiger partial charge in [-0.1, -0.05) is 34.9 Å². The molecule has 128 valence electrons. The number of thioether (sulfide) groups is 2. The molecule has 0 saturated heterocycles. The first-order chi connectivity index (χ1) is 11.0. The molecule has 0 saturated carbocycles. The van der Waals surface area contributed by atoms with E-state index in [1.807, 2.05) is 13.8 Å². The summed E-state index contributed by atoms with van der Waals surface area (Å²) in [4.78, 5) is 36.1. The number of imide groups is 1. The zero-order chi connectivity index (χ0) is 17.2. The third-order valence-electron chi connectivity index (χ3n) is 2.63. The quantitative estimate of drug-likeness (QED) is 0.652. The molecule has 0 spiro atoms. The van der Waals surface area contributed by atoms with E-state index in [-0.39, 0.29) is 11.7 Å². The Morgan fingerprint density at radius 3 is 2.17 bits per heavy atom. The van der Waals surface area contributed by atoms with Crippen molar-refractivity contribution in [3.05, 3.63) is 0 Å². The number of aromatic nitrogens is 2. The molecule has 0 bridgehead atoms. The predicted octanol–water partition coefficient (Wildman–Crippen LogP) is 1.05. The zero-order valence-electron chi connectivity index (χ0n) is 13.1. The van der Waals surface area contributed by atoms with E-state index >= 15 is 0 Å². The van der Waals surface area contributed by atoms with E-state index in [4.69, 9.17) is 0 Å². The fourth-order valence-corrected chi connectivity index (χ4v) is 4.18. The molecule has 0 aliphatic rings. The summed E-state index contributed by atoms with van der Waals surface area (Å²) in [5, 5.41) is 12.4. The van der Waals surface area contributed by atoms with E-state index < -0.39 is 11.9 Å². The topological polar surface area (TPSA) is 104 Å². The van der Waals surface area contributed by atoms with Gasteiger partial charge >= 0.3 is 6.03 Å². The Labute approximate surface area is 147 Å². The molecule has 0 radical (unpaired) electrons. The number of amides is 4. The molecule has 1 rings (SSSR count). The van der Waals surface area contributed by atoms with Crippen LogP contribution in [0.5, 0.6) is 0 Å². The van der Waals surface area contributed by atoms with Crippen LogP contribution in [0.15, 0.2) is 8.68 Å². The van der Waals surface area contributed by atoms with Gasteiger partial charge in [0.05, 0.1) is 11.5 Å². The second kappa shape index (κ2) is 10.4. The van der Waals surface area contributed by atoms with Crippen LogP contribution in [0, 0.1) is 0 Å². The van der Waals surface area contributed by atoms with Gasteiger partial charge in [0.2, 0.25) is 11.8 Å². The molecule has 2 N–H and O–H groups in total. The SMILES string of the molecule is CCN(CC)C(=O)CSc1nnc(SCC(=O)NC(=O)NC)s1. The smallest absolute Gasteiger partial charge is 0.321 e. The van der Waals surface area contributed by atoms with Crippen LogP contribution in [0.25, 0.3) is 0 Å². The Morgan fingerprint density at radius 2 is 1.65 bits per heavy atom. The van der Waals surface area contributed by atoms with Gasteiger partial charge in [0, 0.05) is 20.1 Å². The summed E-state index contributed by atoms with van der Waals surface area (Å²) in [5.74, 6) is 0.0493. The van der Waals surface area contributed by atoms with E-state index in [1.165, 1.54) is 41.9 Å². The average molecular weight is 378 g/mol. The molecule has 0 unspecified atom stereocenters. The van der Waals surface area contributed by atoms with E-state index in [0.29, 0.717) is 27.5 Å². The van der Waals surface area contributed by atoms with Crippen LogP contribution < -0.4 is 10.6 Å². The van der Waals surface area contributed by atoms with Crippen molar-refractivity contribution in [1.82, 2.24) is 25.7 Å². The lowest BCUT2D eigenvalue weighted by atomic mass is 10.5. The minimum Gasteiger partial charge on any atom is -0.343 e. The van der Waals surface area contributed by atoms with Crippen molar-refractivity contribution in [1.29, 1.82) is 0 Å². The maximum absolute atomic E-state index is 11.9. The molecule has 0 aromatic carbocycles. The Morgan fingerprint density at radius 1 is 1.09 bits per heavy atom. The summed E-state index contributed by atoms with van der Waals surface area (Å²) in [7, 11) is 1.43. The molecule has 1 heterocycles. The van der Waals surface area contributed by atoms with Crippen LogP contribution in [-0.4, -0.2) is 64.6 Å². The number of urea groups is 1. The molecule has 1 aromatic rings. The Bertz CT molecular complexity index is 548. The highest BCUT2D eigenvalue weighted by atomic mass is 32.2. The first-order valence-electron chi connectivity index (χ1n) is 6.88. The number of nitrogens with zero attached hydrogens (tertiary/aromatic N) is 3. The number of hydrogen-bond donors (Lipinski definition) is 2. The lowest BCUT2D eigenvalue weighted by Crippen LogP contribution is -2.38. The highest BCUT2D eigenvalue weighted by Gasteiger charge is 2.13. The highest BCUT2D eigenvalue weighted by Crippen LogP contribution is 2.28. The summed E-state index contributed by atoms with van der Waals surface area (Å²) in [6, 6.07) is -0.543. The number of hydrogen-bond acceptors (Lipinski definition) is 8. The molecule has 8 nitrogen and oxygen atoms in total. The van der Waals surface area contributed by atoms with Crippen LogP contribution in [0.2, 0.25) is 0 Å². The van der Waals surface area contributed by atoms with Crippen molar-refractivity contribution < 1.29 is 14.4 Å². The Hall–Kier alpha value is -1.33. The van der Waals surface area contributed by atoms with Gasteiger partial charge in [0.1, 0.15) is 0 Å². The summed E-state index contributed by atoms with van der Waals surface area (Å²) in [5.41, 5.74) is 0. The zero-order valence-corrected chi connectivity index (χ0v) is 15.6. The average Bonchev–Trinajstić information content (AvgIpc) is 3.00.